The summed E-state index contributed by atoms with van der Waals surface area (Å²) in [5, 5.41) is 5.67. The number of amides is 1. The van der Waals surface area contributed by atoms with E-state index in [9.17, 15) is 9.59 Å². The van der Waals surface area contributed by atoms with Crippen molar-refractivity contribution in [3.05, 3.63) is 29.8 Å². The monoisotopic (exact) mass is 262 g/mol. The third-order valence-electron chi connectivity index (χ3n) is 3.05. The first kappa shape index (κ1) is 15.2. The van der Waals surface area contributed by atoms with Gasteiger partial charge in [0.2, 0.25) is 5.91 Å². The van der Waals surface area contributed by atoms with E-state index < -0.39 is 0 Å². The lowest BCUT2D eigenvalue weighted by Crippen LogP contribution is -2.25. The number of rotatable bonds is 7. The van der Waals surface area contributed by atoms with Gasteiger partial charge in [-0.3, -0.25) is 4.79 Å². The first-order valence-corrected chi connectivity index (χ1v) is 6.59. The lowest BCUT2D eigenvalue weighted by atomic mass is 10.0. The summed E-state index contributed by atoms with van der Waals surface area (Å²) in [5.74, 6) is 0.438. The van der Waals surface area contributed by atoms with Crippen molar-refractivity contribution in [1.29, 1.82) is 0 Å². The maximum absolute atomic E-state index is 11.1. The Hall–Kier alpha value is -1.84. The molecule has 4 heteroatoms. The molecule has 1 atom stereocenters. The van der Waals surface area contributed by atoms with Crippen molar-refractivity contribution in [2.45, 2.75) is 38.6 Å². The maximum Gasteiger partial charge on any atom is 0.219 e. The molecule has 0 radical (unpaired) electrons. The van der Waals surface area contributed by atoms with E-state index in [0.29, 0.717) is 18.8 Å². The van der Waals surface area contributed by atoms with Crippen LogP contribution >= 0.6 is 0 Å². The Labute approximate surface area is 114 Å². The molecule has 0 heterocycles. The summed E-state index contributed by atoms with van der Waals surface area (Å²) >= 11 is 0. The molecule has 0 saturated carbocycles. The Bertz CT molecular complexity index is 413. The molecule has 0 bridgehead atoms. The first-order chi connectivity index (χ1) is 9.06. The number of hydrogen-bond acceptors (Lipinski definition) is 3. The third kappa shape index (κ3) is 5.12. The summed E-state index contributed by atoms with van der Waals surface area (Å²) in [7, 11) is 1.59. The summed E-state index contributed by atoms with van der Waals surface area (Å²) in [5.41, 5.74) is 2.16. The molecule has 4 nitrogen and oxygen atoms in total. The van der Waals surface area contributed by atoms with Gasteiger partial charge in [-0.15, -0.1) is 0 Å². The van der Waals surface area contributed by atoms with Gasteiger partial charge in [-0.1, -0.05) is 26.0 Å². The average Bonchev–Trinajstić information content (AvgIpc) is 2.43. The second-order valence-corrected chi connectivity index (χ2v) is 4.88. The van der Waals surface area contributed by atoms with Crippen molar-refractivity contribution in [3.63, 3.8) is 0 Å². The molecule has 1 unspecified atom stereocenters. The molecule has 1 aromatic carbocycles. The Balaban J connectivity index is 2.55. The second kappa shape index (κ2) is 7.56. The zero-order chi connectivity index (χ0) is 14.3. The Morgan fingerprint density at radius 2 is 1.89 bits per heavy atom. The number of carbonyl (C=O) groups is 2. The quantitative estimate of drug-likeness (QED) is 0.741. The molecule has 0 fully saturated rings. The van der Waals surface area contributed by atoms with Crippen LogP contribution in [0, 0.1) is 0 Å². The summed E-state index contributed by atoms with van der Waals surface area (Å²) in [4.78, 5) is 22.1. The Morgan fingerprint density at radius 1 is 1.26 bits per heavy atom. The highest BCUT2D eigenvalue weighted by Crippen LogP contribution is 2.18. The van der Waals surface area contributed by atoms with Crippen molar-refractivity contribution in [1.82, 2.24) is 5.32 Å². The van der Waals surface area contributed by atoms with Gasteiger partial charge in [-0.05, 0) is 30.0 Å². The van der Waals surface area contributed by atoms with E-state index >= 15 is 0 Å². The third-order valence-corrected chi connectivity index (χ3v) is 3.05. The molecule has 1 aromatic rings. The number of benzene rings is 1. The van der Waals surface area contributed by atoms with Gasteiger partial charge in [-0.2, -0.15) is 0 Å². The fraction of sp³-hybridized carbons (Fsp3) is 0.467. The molecule has 0 aliphatic carbocycles. The lowest BCUT2D eigenvalue weighted by Gasteiger charge is -2.14. The molecule has 1 amide bonds. The van der Waals surface area contributed by atoms with Crippen molar-refractivity contribution < 1.29 is 9.59 Å². The van der Waals surface area contributed by atoms with E-state index in [1.54, 1.807) is 7.05 Å². The van der Waals surface area contributed by atoms with E-state index in [0.717, 1.165) is 12.0 Å². The second-order valence-electron chi connectivity index (χ2n) is 4.88. The van der Waals surface area contributed by atoms with Crippen LogP contribution in [0.4, 0.5) is 5.69 Å². The topological polar surface area (TPSA) is 58.2 Å². The minimum absolute atomic E-state index is 0.0520. The van der Waals surface area contributed by atoms with Crippen LogP contribution < -0.4 is 10.6 Å². The minimum atomic E-state index is -0.331. The SMILES string of the molecule is CNC(=O)CCC(C=O)Nc1ccc(C(C)C)cc1. The zero-order valence-electron chi connectivity index (χ0n) is 11.8. The van der Waals surface area contributed by atoms with Crippen LogP contribution in [-0.4, -0.2) is 25.3 Å². The molecule has 19 heavy (non-hydrogen) atoms. The van der Waals surface area contributed by atoms with Crippen LogP contribution in [-0.2, 0) is 9.59 Å². The molecular weight excluding hydrogens is 240 g/mol. The van der Waals surface area contributed by atoms with Crippen LogP contribution in [0.2, 0.25) is 0 Å². The normalized spacial score (nSPS) is 12.0. The maximum atomic E-state index is 11.1. The van der Waals surface area contributed by atoms with Gasteiger partial charge in [0.25, 0.3) is 0 Å². The van der Waals surface area contributed by atoms with Crippen molar-refractivity contribution >= 4 is 17.9 Å². The highest BCUT2D eigenvalue weighted by atomic mass is 16.1. The summed E-state index contributed by atoms with van der Waals surface area (Å²) in [6.07, 6.45) is 1.69. The van der Waals surface area contributed by atoms with E-state index in [1.807, 2.05) is 24.3 Å². The zero-order valence-corrected chi connectivity index (χ0v) is 11.8. The predicted molar refractivity (Wildman–Crippen MR) is 77.3 cm³/mol. The summed E-state index contributed by atoms with van der Waals surface area (Å²) in [6, 6.07) is 7.70. The number of anilines is 1. The number of carbonyl (C=O) groups excluding carboxylic acids is 2. The number of aldehydes is 1. The molecule has 0 aliphatic heterocycles. The molecule has 2 N–H and O–H groups in total. The Morgan fingerprint density at radius 3 is 2.37 bits per heavy atom. The number of nitrogens with one attached hydrogen (secondary N) is 2. The largest absolute Gasteiger partial charge is 0.376 e. The van der Waals surface area contributed by atoms with Gasteiger partial charge in [0.05, 0.1) is 6.04 Å². The van der Waals surface area contributed by atoms with Crippen LogP contribution in [0.1, 0.15) is 38.2 Å². The lowest BCUT2D eigenvalue weighted by molar-refractivity contribution is -0.120. The van der Waals surface area contributed by atoms with Crippen LogP contribution in [0.15, 0.2) is 24.3 Å². The summed E-state index contributed by atoms with van der Waals surface area (Å²) < 4.78 is 0. The van der Waals surface area contributed by atoms with Gasteiger partial charge >= 0.3 is 0 Å². The molecule has 0 saturated heterocycles. The van der Waals surface area contributed by atoms with E-state index in [2.05, 4.69) is 24.5 Å². The highest BCUT2D eigenvalue weighted by molar-refractivity contribution is 5.76. The molecule has 104 valence electrons. The molecule has 0 aliphatic rings. The first-order valence-electron chi connectivity index (χ1n) is 6.59. The van der Waals surface area contributed by atoms with Gasteiger partial charge in [0, 0.05) is 19.2 Å². The standard InChI is InChI=1S/C15H22N2O2/c1-11(2)12-4-6-13(7-5-12)17-14(10-18)8-9-15(19)16-3/h4-7,10-11,14,17H,8-9H2,1-3H3,(H,16,19). The van der Waals surface area contributed by atoms with E-state index in [4.69, 9.17) is 0 Å². The van der Waals surface area contributed by atoms with Crippen molar-refractivity contribution in [2.75, 3.05) is 12.4 Å². The average molecular weight is 262 g/mol. The molecule has 0 spiro atoms. The smallest absolute Gasteiger partial charge is 0.219 e. The van der Waals surface area contributed by atoms with Gasteiger partial charge in [-0.25, -0.2) is 0 Å². The molecule has 1 rings (SSSR count). The van der Waals surface area contributed by atoms with Gasteiger partial charge < -0.3 is 15.4 Å². The van der Waals surface area contributed by atoms with Gasteiger partial charge in [0.1, 0.15) is 6.29 Å². The fourth-order valence-corrected chi connectivity index (χ4v) is 1.76. The van der Waals surface area contributed by atoms with E-state index in [-0.39, 0.29) is 11.9 Å². The fourth-order valence-electron chi connectivity index (χ4n) is 1.76. The van der Waals surface area contributed by atoms with Crippen molar-refractivity contribution in [2.24, 2.45) is 0 Å². The van der Waals surface area contributed by atoms with E-state index in [1.165, 1.54) is 5.56 Å². The summed E-state index contributed by atoms with van der Waals surface area (Å²) in [6.45, 7) is 4.28. The molecule has 0 aromatic heterocycles. The molecular formula is C15H22N2O2. The highest BCUT2D eigenvalue weighted by Gasteiger charge is 2.09. The minimum Gasteiger partial charge on any atom is -0.376 e. The van der Waals surface area contributed by atoms with Crippen LogP contribution in [0.5, 0.6) is 0 Å². The number of hydrogen-bond donors (Lipinski definition) is 2. The van der Waals surface area contributed by atoms with Gasteiger partial charge in [0.15, 0.2) is 0 Å². The van der Waals surface area contributed by atoms with Crippen LogP contribution in [0.25, 0.3) is 0 Å². The Kier molecular flexibility index (Phi) is 6.06. The van der Waals surface area contributed by atoms with Crippen LogP contribution in [0.3, 0.4) is 0 Å². The predicted octanol–water partition coefficient (Wildman–Crippen LogP) is 2.32. The van der Waals surface area contributed by atoms with Crippen molar-refractivity contribution in [3.8, 4) is 0 Å².